The second-order valence-corrected chi connectivity index (χ2v) is 2.95. The zero-order chi connectivity index (χ0) is 6.78. The van der Waals surface area contributed by atoms with Crippen molar-refractivity contribution in [2.75, 3.05) is 0 Å². The van der Waals surface area contributed by atoms with Crippen molar-refractivity contribution in [3.05, 3.63) is 0 Å². The van der Waals surface area contributed by atoms with Crippen molar-refractivity contribution in [2.24, 2.45) is 0 Å². The standard InChI is InChI=1S/C3H8O4S/c1-2-3(4)8(5,6)7/h3-4H,2H2,1H3,(H,5,6,7)/t3-/m1/s1. The maximum absolute atomic E-state index is 9.87. The van der Waals surface area contributed by atoms with Crippen molar-refractivity contribution in [1.29, 1.82) is 0 Å². The fourth-order valence-corrected chi connectivity index (χ4v) is 0.632. The van der Waals surface area contributed by atoms with Crippen molar-refractivity contribution in [2.45, 2.75) is 18.8 Å². The molecule has 0 aliphatic rings. The molecule has 0 bridgehead atoms. The Morgan fingerprint density at radius 3 is 2.00 bits per heavy atom. The molecule has 5 heteroatoms. The highest BCUT2D eigenvalue weighted by molar-refractivity contribution is 7.86. The summed E-state index contributed by atoms with van der Waals surface area (Å²) in [4.78, 5) is 0. The SMILES string of the molecule is CC[C@H](O)S(=O)(=O)O. The molecule has 0 saturated carbocycles. The first kappa shape index (κ1) is 7.87. The Labute approximate surface area is 47.9 Å². The van der Waals surface area contributed by atoms with E-state index in [2.05, 4.69) is 0 Å². The molecule has 0 radical (unpaired) electrons. The van der Waals surface area contributed by atoms with Crippen LogP contribution in [0.2, 0.25) is 0 Å². The van der Waals surface area contributed by atoms with E-state index < -0.39 is 15.6 Å². The van der Waals surface area contributed by atoms with Crippen LogP contribution in [0.15, 0.2) is 0 Å². The molecule has 0 aliphatic heterocycles. The van der Waals surface area contributed by atoms with Gasteiger partial charge in [0, 0.05) is 0 Å². The molecule has 2 N–H and O–H groups in total. The van der Waals surface area contributed by atoms with Crippen molar-refractivity contribution < 1.29 is 18.1 Å². The Balaban J connectivity index is 4.04. The van der Waals surface area contributed by atoms with Gasteiger partial charge in [0.05, 0.1) is 0 Å². The molecule has 4 nitrogen and oxygen atoms in total. The predicted molar refractivity (Wildman–Crippen MR) is 27.8 cm³/mol. The third-order valence-corrected chi connectivity index (χ3v) is 1.71. The van der Waals surface area contributed by atoms with Gasteiger partial charge in [-0.25, -0.2) is 0 Å². The monoisotopic (exact) mass is 140 g/mol. The second kappa shape index (κ2) is 2.43. The molecular formula is C3H8O4S. The summed E-state index contributed by atoms with van der Waals surface area (Å²) in [6.07, 6.45) is 0.0127. The lowest BCUT2D eigenvalue weighted by atomic mass is 10.5. The zero-order valence-electron chi connectivity index (χ0n) is 4.40. The first-order chi connectivity index (χ1) is 3.48. The lowest BCUT2D eigenvalue weighted by Gasteiger charge is -1.99. The molecule has 0 aliphatic carbocycles. The van der Waals surface area contributed by atoms with Gasteiger partial charge in [-0.2, -0.15) is 8.42 Å². The minimum atomic E-state index is -4.20. The van der Waals surface area contributed by atoms with Gasteiger partial charge in [0.25, 0.3) is 10.1 Å². The van der Waals surface area contributed by atoms with Crippen molar-refractivity contribution in [3.8, 4) is 0 Å². The number of hydrogen-bond donors (Lipinski definition) is 2. The summed E-state index contributed by atoms with van der Waals surface area (Å²) in [5.74, 6) is 0. The van der Waals surface area contributed by atoms with Gasteiger partial charge in [-0.05, 0) is 6.42 Å². The van der Waals surface area contributed by atoms with Crippen molar-refractivity contribution >= 4 is 10.1 Å². The van der Waals surface area contributed by atoms with Crippen LogP contribution in [0, 0.1) is 0 Å². The molecule has 1 atom stereocenters. The van der Waals surface area contributed by atoms with Crippen LogP contribution in [0.3, 0.4) is 0 Å². The maximum Gasteiger partial charge on any atom is 0.291 e. The molecular weight excluding hydrogens is 132 g/mol. The molecule has 0 amide bonds. The number of hydrogen-bond acceptors (Lipinski definition) is 3. The summed E-state index contributed by atoms with van der Waals surface area (Å²) in [6, 6.07) is 0. The van der Waals surface area contributed by atoms with Crippen LogP contribution in [0.25, 0.3) is 0 Å². The first-order valence-corrected chi connectivity index (χ1v) is 3.63. The van der Waals surface area contributed by atoms with Gasteiger partial charge in [-0.1, -0.05) is 6.92 Å². The van der Waals surface area contributed by atoms with E-state index in [1.807, 2.05) is 0 Å². The molecule has 8 heavy (non-hydrogen) atoms. The molecule has 0 fully saturated rings. The largest absolute Gasteiger partial charge is 0.375 e. The highest BCUT2D eigenvalue weighted by Crippen LogP contribution is 1.96. The fraction of sp³-hybridized carbons (Fsp3) is 1.00. The van der Waals surface area contributed by atoms with Gasteiger partial charge in [0.1, 0.15) is 0 Å². The van der Waals surface area contributed by atoms with Gasteiger partial charge < -0.3 is 5.11 Å². The molecule has 0 heterocycles. The van der Waals surface area contributed by atoms with E-state index >= 15 is 0 Å². The minimum absolute atomic E-state index is 0.0127. The summed E-state index contributed by atoms with van der Waals surface area (Å²) in [7, 11) is -4.20. The third kappa shape index (κ3) is 2.25. The second-order valence-electron chi connectivity index (χ2n) is 1.38. The van der Waals surface area contributed by atoms with Gasteiger partial charge >= 0.3 is 0 Å². The summed E-state index contributed by atoms with van der Waals surface area (Å²) >= 11 is 0. The van der Waals surface area contributed by atoms with Crippen LogP contribution in [-0.2, 0) is 10.1 Å². The molecule has 0 aromatic rings. The lowest BCUT2D eigenvalue weighted by molar-refractivity contribution is 0.229. The van der Waals surface area contributed by atoms with Gasteiger partial charge in [0.15, 0.2) is 5.44 Å². The lowest BCUT2D eigenvalue weighted by Crippen LogP contribution is -2.17. The average molecular weight is 140 g/mol. The number of aliphatic hydroxyl groups excluding tert-OH is 1. The fourth-order valence-electron chi connectivity index (χ4n) is 0.211. The maximum atomic E-state index is 9.87. The number of rotatable bonds is 2. The Morgan fingerprint density at radius 1 is 1.62 bits per heavy atom. The highest BCUT2D eigenvalue weighted by atomic mass is 32.2. The van der Waals surface area contributed by atoms with Crippen molar-refractivity contribution in [1.82, 2.24) is 0 Å². The van der Waals surface area contributed by atoms with E-state index in [-0.39, 0.29) is 6.42 Å². The van der Waals surface area contributed by atoms with Crippen LogP contribution >= 0.6 is 0 Å². The summed E-state index contributed by atoms with van der Waals surface area (Å²) in [5.41, 5.74) is -1.62. The summed E-state index contributed by atoms with van der Waals surface area (Å²) in [6.45, 7) is 1.46. The van der Waals surface area contributed by atoms with Crippen LogP contribution in [0.5, 0.6) is 0 Å². The van der Waals surface area contributed by atoms with E-state index in [0.29, 0.717) is 0 Å². The van der Waals surface area contributed by atoms with E-state index in [9.17, 15) is 8.42 Å². The average Bonchev–Trinajstić information content (AvgIpc) is 1.62. The van der Waals surface area contributed by atoms with E-state index in [1.165, 1.54) is 6.92 Å². The predicted octanol–water partition coefficient (Wildman–Crippen LogP) is -0.397. The molecule has 50 valence electrons. The summed E-state index contributed by atoms with van der Waals surface area (Å²) in [5, 5.41) is 8.36. The quantitative estimate of drug-likeness (QED) is 0.512. The topological polar surface area (TPSA) is 74.6 Å². The Kier molecular flexibility index (Phi) is 2.39. The van der Waals surface area contributed by atoms with Crippen LogP contribution < -0.4 is 0 Å². The van der Waals surface area contributed by atoms with E-state index in [0.717, 1.165) is 0 Å². The molecule has 0 rings (SSSR count). The van der Waals surface area contributed by atoms with Gasteiger partial charge in [0.2, 0.25) is 0 Å². The number of aliphatic hydroxyl groups is 1. The summed E-state index contributed by atoms with van der Waals surface area (Å²) < 4.78 is 27.7. The van der Waals surface area contributed by atoms with E-state index in [4.69, 9.17) is 9.66 Å². The normalized spacial score (nSPS) is 15.9. The molecule has 0 aromatic heterocycles. The van der Waals surface area contributed by atoms with Crippen LogP contribution in [0.4, 0.5) is 0 Å². The first-order valence-electron chi connectivity index (χ1n) is 2.13. The highest BCUT2D eigenvalue weighted by Gasteiger charge is 2.15. The Morgan fingerprint density at radius 2 is 2.00 bits per heavy atom. The smallest absolute Gasteiger partial charge is 0.291 e. The third-order valence-electron chi connectivity index (χ3n) is 0.693. The Hall–Kier alpha value is -0.130. The van der Waals surface area contributed by atoms with Crippen LogP contribution in [0.1, 0.15) is 13.3 Å². The van der Waals surface area contributed by atoms with E-state index in [1.54, 1.807) is 0 Å². The molecule has 0 spiro atoms. The van der Waals surface area contributed by atoms with Crippen molar-refractivity contribution in [3.63, 3.8) is 0 Å². The zero-order valence-corrected chi connectivity index (χ0v) is 5.22. The molecule has 0 saturated heterocycles. The molecule has 0 unspecified atom stereocenters. The molecule has 0 aromatic carbocycles. The minimum Gasteiger partial charge on any atom is -0.375 e. The van der Waals surface area contributed by atoms with Crippen LogP contribution in [-0.4, -0.2) is 23.5 Å². The van der Waals surface area contributed by atoms with Gasteiger partial charge in [-0.3, -0.25) is 4.55 Å². The van der Waals surface area contributed by atoms with Gasteiger partial charge in [-0.15, -0.1) is 0 Å². The Bertz CT molecular complexity index is 147.